The molecule has 0 amide bonds. The summed E-state index contributed by atoms with van der Waals surface area (Å²) in [4.78, 5) is 4.87. The maximum absolute atomic E-state index is 5.86. The maximum Gasteiger partial charge on any atom is 0.271 e. The first-order valence-corrected chi connectivity index (χ1v) is 66.4. The molecular formula is C91H204ClN40P13. The van der Waals surface area contributed by atoms with Crippen molar-refractivity contribution in [2.75, 3.05) is 391 Å². The van der Waals surface area contributed by atoms with Crippen molar-refractivity contribution in [3.8, 4) is 0 Å². The van der Waals surface area contributed by atoms with Crippen LogP contribution in [0.15, 0.2) is 139 Å². The average molecular weight is 2300 g/mol. The Kier molecular flexibility index (Phi) is 56.3. The highest BCUT2D eigenvalue weighted by Gasteiger charge is 2.51. The molecule has 3 fully saturated rings. The van der Waals surface area contributed by atoms with Gasteiger partial charge in [-0.3, -0.25) is 133 Å². The number of hydrogen-bond acceptors (Lipinski definition) is 16. The van der Waals surface area contributed by atoms with Crippen molar-refractivity contribution < 1.29 is 0 Å². The topological polar surface area (TPSA) is 247 Å². The minimum absolute atomic E-state index is 0.602. The zero-order valence-corrected chi connectivity index (χ0v) is 112. The Hall–Kier alpha value is -0.280. The number of nitrogens with zero attached hydrogens (tertiary/aromatic N) is 36. The quantitative estimate of drug-likeness (QED) is 0.0239. The second-order valence-electron chi connectivity index (χ2n) is 41.2. The number of rotatable bonds is 39. The van der Waals surface area contributed by atoms with Gasteiger partial charge in [0.15, 0.2) is 60.1 Å². The van der Waals surface area contributed by atoms with E-state index in [4.69, 9.17) is 53.8 Å². The van der Waals surface area contributed by atoms with Crippen LogP contribution in [0, 0.1) is 0 Å². The zero-order chi connectivity index (χ0) is 111. The Balaban J connectivity index is 0.000000392. The third kappa shape index (κ3) is 32.6. The van der Waals surface area contributed by atoms with E-state index in [1.165, 1.54) is 43.5 Å². The van der Waals surface area contributed by atoms with Crippen LogP contribution < -0.4 is 42.5 Å². The Labute approximate surface area is 900 Å². The summed E-state index contributed by atoms with van der Waals surface area (Å²) in [6, 6.07) is 34.3. The Bertz CT molecular complexity index is 4570. The van der Waals surface area contributed by atoms with Gasteiger partial charge in [0.25, 0.3) is 25.2 Å². The molecule has 0 spiro atoms. The van der Waals surface area contributed by atoms with Crippen molar-refractivity contribution in [2.45, 2.75) is 68.9 Å². The van der Waals surface area contributed by atoms with E-state index in [-0.39, 0.29) is 0 Å². The molecule has 40 nitrogen and oxygen atoms in total. The predicted octanol–water partition coefficient (Wildman–Crippen LogP) is 13.7. The summed E-state index contributed by atoms with van der Waals surface area (Å²) in [6.45, 7) is 9.29. The van der Waals surface area contributed by atoms with Gasteiger partial charge < -0.3 is 0 Å². The molecule has 0 aliphatic carbocycles. The summed E-state index contributed by atoms with van der Waals surface area (Å²) in [6.07, 6.45) is 4.16. The number of benzene rings is 4. The average Bonchev–Trinajstić information content (AvgIpc) is 0.736. The zero-order valence-electron chi connectivity index (χ0n) is 98.9. The van der Waals surface area contributed by atoms with Crippen molar-refractivity contribution in [2.24, 2.45) is 42.2 Å². The van der Waals surface area contributed by atoms with Crippen LogP contribution in [-0.4, -0.2) is 535 Å². The molecule has 4 N–H and O–H groups in total. The number of hydrogen-bond donors (Lipinski definition) is 4. The molecule has 0 bridgehead atoms. The van der Waals surface area contributed by atoms with Gasteiger partial charge in [0.05, 0.1) is 0 Å². The van der Waals surface area contributed by atoms with Crippen LogP contribution in [0.5, 0.6) is 0 Å². The minimum Gasteiger partial charge on any atom is -0.261 e. The first kappa shape index (κ1) is 137. The van der Waals surface area contributed by atoms with E-state index in [1.807, 2.05) is 24.3 Å². The summed E-state index contributed by atoms with van der Waals surface area (Å²) >= 11 is 5.57. The van der Waals surface area contributed by atoms with Gasteiger partial charge in [-0.2, -0.15) is 9.03 Å². The second-order valence-corrected chi connectivity index (χ2v) is 76.5. The van der Waals surface area contributed by atoms with E-state index in [1.54, 1.807) is 0 Å². The van der Waals surface area contributed by atoms with E-state index in [0.717, 1.165) is 97.7 Å². The van der Waals surface area contributed by atoms with E-state index >= 15 is 0 Å². The Morgan fingerprint density at radius 2 is 0.462 bits per heavy atom. The number of halogens is 1. The summed E-state index contributed by atoms with van der Waals surface area (Å²) < 4.78 is 108. The maximum atomic E-state index is 5.86. The largest absolute Gasteiger partial charge is 0.271 e. The van der Waals surface area contributed by atoms with Crippen molar-refractivity contribution >= 4 is 137 Å². The molecule has 54 heteroatoms. The Morgan fingerprint density at radius 3 is 0.676 bits per heavy atom. The third-order valence-electron chi connectivity index (χ3n) is 25.4. The summed E-state index contributed by atoms with van der Waals surface area (Å²) in [5, 5.41) is 19.7. The lowest BCUT2D eigenvalue weighted by molar-refractivity contribution is 0.0328. The molecule has 4 aliphatic rings. The summed E-state index contributed by atoms with van der Waals surface area (Å²) in [5.41, 5.74) is 4.95. The van der Waals surface area contributed by atoms with Crippen molar-refractivity contribution in [1.82, 2.24) is 148 Å². The van der Waals surface area contributed by atoms with Crippen LogP contribution in [0.3, 0.4) is 0 Å². The standard InChI is InChI=1S/2C23H51N10P3.C22H50N10P4.C16H44N10P2.C7H8ClP/c2*1-27(2)35(28(3)4,29(5)6)25-23(26-36(30(7)8,31(9)10)32(11)12)24-18-13-19-33(23)20-21-14-16-22(34)17-15-21;1-26(2)35(27(3)4,28(5)6)24-34(25-36(29(7)8,30(9)10)31(11)12)23-18-13-19-32(34)20-21-14-16-22(33)17-15-21;1-21(2)27(22(3)4,23(5)6)19-16(17-14-13-15-18-16)20-28(24(7)8,25(9)10)26(11)12;8-5-6-1-3-7(9)4-2-6/h2*14-17,24H,13,18-20,34H2,1-12H3;14-17H,13,18-20,33H2,1-12H3;17-18H,13-15H2,1-12H3;1-4H,5,9H2. The van der Waals surface area contributed by atoms with Gasteiger partial charge in [0.1, 0.15) is 0 Å². The summed E-state index contributed by atoms with van der Waals surface area (Å²) in [7, 11) is 92.1. The SMILES string of the molecule is CN(C)P(=NC1(N=P(N(C)C)(N(C)C)N(C)C)NCCCN1)(N(C)C)N(C)C.CN(C)P(=NC1(N=P(N(C)C)(N(C)C)N(C)C)NCCCN1Cc1ccc(P)cc1)(N(C)C)N(C)C.CN(C)P(=NC1(N=P(N(C)C)(N(C)C)N(C)C)NCCCN1Cc1ccc(P)cc1)(N(C)C)N(C)C.CN(C)P(=NP1(N=P(N(C)C)(N(C)C)N(C)C)=NCCCN1Cc1ccc(P)cc1)(N(C)C)N(C)C.Pc1ccc(CCl)cc1. The van der Waals surface area contributed by atoms with Crippen molar-refractivity contribution in [1.29, 1.82) is 0 Å². The van der Waals surface area contributed by atoms with Gasteiger partial charge in [-0.15, -0.1) is 48.6 Å². The molecule has 4 aromatic rings. The first-order valence-electron chi connectivity index (χ1n) is 49.2. The predicted molar refractivity (Wildman–Crippen MR) is 660 cm³/mol. The van der Waals surface area contributed by atoms with Crippen LogP contribution >= 0.6 is 116 Å². The number of alkyl halides is 1. The van der Waals surface area contributed by atoms with Gasteiger partial charge in [0.2, 0.25) is 0 Å². The summed E-state index contributed by atoms with van der Waals surface area (Å²) in [5.74, 6) is -2.10. The van der Waals surface area contributed by atoms with E-state index < -0.39 is 85.3 Å². The lowest BCUT2D eigenvalue weighted by Crippen LogP contribution is -2.61. The molecule has 4 aromatic carbocycles. The molecule has 0 aromatic heterocycles. The molecule has 4 aliphatic heterocycles. The molecule has 8 rings (SSSR count). The number of nitrogens with one attached hydrogen (secondary N) is 4. The fourth-order valence-electron chi connectivity index (χ4n) is 19.5. The fraction of sp³-hybridized carbons (Fsp3) is 0.736. The first-order chi connectivity index (χ1) is 67.1. The monoisotopic (exact) mass is 2300 g/mol. The lowest BCUT2D eigenvalue weighted by atomic mass is 10.2. The van der Waals surface area contributed by atoms with Gasteiger partial charge >= 0.3 is 0 Å². The van der Waals surface area contributed by atoms with Crippen LogP contribution in [0.1, 0.15) is 47.9 Å². The minimum atomic E-state index is -2.69. The normalized spacial score (nSPS) is 17.4. The molecular weight excluding hydrogens is 2090 g/mol. The van der Waals surface area contributed by atoms with Gasteiger partial charge in [-0.1, -0.05) is 97.1 Å². The van der Waals surface area contributed by atoms with Gasteiger partial charge in [-0.25, -0.2) is 47.7 Å². The molecule has 4 unspecified atom stereocenters. The molecule has 4 atom stereocenters. The molecule has 3 saturated heterocycles. The molecule has 840 valence electrons. The van der Waals surface area contributed by atoms with Crippen molar-refractivity contribution in [3.05, 3.63) is 119 Å². The lowest BCUT2D eigenvalue weighted by Gasteiger charge is -2.51. The third-order valence-corrected chi connectivity index (χ3v) is 61.8. The molecule has 4 heterocycles. The van der Waals surface area contributed by atoms with Crippen LogP contribution in [-0.2, 0) is 25.5 Å². The second kappa shape index (κ2) is 59.5. The van der Waals surface area contributed by atoms with E-state index in [9.17, 15) is 0 Å². The Morgan fingerprint density at radius 1 is 0.262 bits per heavy atom. The van der Waals surface area contributed by atoms with Crippen molar-refractivity contribution in [3.63, 3.8) is 0 Å². The fourth-order valence-corrected chi connectivity index (χ4v) is 54.3. The van der Waals surface area contributed by atoms with Gasteiger partial charge in [0, 0.05) is 77.9 Å². The van der Waals surface area contributed by atoms with Gasteiger partial charge in [-0.05, 0) is 407 Å². The highest BCUT2D eigenvalue weighted by Crippen LogP contribution is 2.76. The molecule has 145 heavy (non-hydrogen) atoms. The smallest absolute Gasteiger partial charge is 0.261 e. The van der Waals surface area contributed by atoms with E-state index in [2.05, 4.69) is 596 Å². The van der Waals surface area contributed by atoms with E-state index in [0.29, 0.717) is 5.88 Å². The molecule has 0 radical (unpaired) electrons. The highest BCUT2D eigenvalue weighted by molar-refractivity contribution is 7.76. The molecule has 0 saturated carbocycles. The van der Waals surface area contributed by atoms with Crippen LogP contribution in [0.25, 0.3) is 0 Å². The highest BCUT2D eigenvalue weighted by atomic mass is 35.5. The van der Waals surface area contributed by atoms with Crippen LogP contribution in [0.4, 0.5) is 0 Å². The van der Waals surface area contributed by atoms with Crippen LogP contribution in [0.2, 0.25) is 0 Å².